The standard InChI is InChI=1S/C20H36N2O2S.BrH/c1-4-6-7-8-12-19(5-2)21-17-10-9-11-18-13-15-20(16-14-18)22-25(3,23)24;/h13-16,19,21-22H,4-12,17H2,1-3H3;1H. The van der Waals surface area contributed by atoms with E-state index in [1.165, 1.54) is 56.8 Å². The molecule has 1 atom stereocenters. The van der Waals surface area contributed by atoms with Gasteiger partial charge in [0.1, 0.15) is 0 Å². The molecule has 0 fully saturated rings. The van der Waals surface area contributed by atoms with E-state index in [9.17, 15) is 8.42 Å². The molecule has 0 aromatic heterocycles. The van der Waals surface area contributed by atoms with Crippen molar-refractivity contribution in [1.82, 2.24) is 5.32 Å². The first-order chi connectivity index (χ1) is 11.9. The van der Waals surface area contributed by atoms with E-state index in [1.807, 2.05) is 24.3 Å². The molecule has 0 aliphatic heterocycles. The third-order valence-electron chi connectivity index (χ3n) is 4.48. The van der Waals surface area contributed by atoms with E-state index in [0.29, 0.717) is 11.7 Å². The molecular weight excluding hydrogens is 412 g/mol. The number of hydrogen-bond acceptors (Lipinski definition) is 3. The fourth-order valence-electron chi connectivity index (χ4n) is 2.98. The molecule has 1 rings (SSSR count). The Morgan fingerprint density at radius 2 is 1.65 bits per heavy atom. The zero-order valence-electron chi connectivity index (χ0n) is 16.6. The number of hydrogen-bond donors (Lipinski definition) is 2. The summed E-state index contributed by atoms with van der Waals surface area (Å²) in [6.07, 6.45) is 12.4. The molecular formula is C20H37BrN2O2S. The Morgan fingerprint density at radius 1 is 0.962 bits per heavy atom. The van der Waals surface area contributed by atoms with Crippen LogP contribution in [0, 0.1) is 0 Å². The van der Waals surface area contributed by atoms with Gasteiger partial charge in [0.05, 0.1) is 6.26 Å². The smallest absolute Gasteiger partial charge is 0.229 e. The van der Waals surface area contributed by atoms with Crippen LogP contribution in [0.25, 0.3) is 0 Å². The number of nitrogens with one attached hydrogen (secondary N) is 2. The maximum atomic E-state index is 11.2. The van der Waals surface area contributed by atoms with Crippen LogP contribution in [-0.2, 0) is 16.4 Å². The summed E-state index contributed by atoms with van der Waals surface area (Å²) in [4.78, 5) is 0. The van der Waals surface area contributed by atoms with Crippen LogP contribution in [0.2, 0.25) is 0 Å². The molecule has 0 heterocycles. The summed E-state index contributed by atoms with van der Waals surface area (Å²) in [6.45, 7) is 5.61. The Bertz CT molecular complexity index is 562. The Hall–Kier alpha value is -0.590. The number of unbranched alkanes of at least 4 members (excludes halogenated alkanes) is 4. The van der Waals surface area contributed by atoms with Gasteiger partial charge >= 0.3 is 0 Å². The maximum Gasteiger partial charge on any atom is 0.229 e. The lowest BCUT2D eigenvalue weighted by Crippen LogP contribution is -2.29. The molecule has 0 amide bonds. The van der Waals surface area contributed by atoms with Crippen LogP contribution in [0.4, 0.5) is 5.69 Å². The van der Waals surface area contributed by atoms with Crippen LogP contribution in [0.3, 0.4) is 0 Å². The van der Waals surface area contributed by atoms with Crippen LogP contribution < -0.4 is 10.0 Å². The second-order valence-corrected chi connectivity index (χ2v) is 8.69. The molecule has 0 aliphatic carbocycles. The molecule has 1 unspecified atom stereocenters. The summed E-state index contributed by atoms with van der Waals surface area (Å²) in [5.41, 5.74) is 1.88. The molecule has 1 aromatic carbocycles. The van der Waals surface area contributed by atoms with E-state index >= 15 is 0 Å². The predicted molar refractivity (Wildman–Crippen MR) is 119 cm³/mol. The molecule has 0 aliphatic rings. The monoisotopic (exact) mass is 448 g/mol. The van der Waals surface area contributed by atoms with E-state index in [1.54, 1.807) is 0 Å². The highest BCUT2D eigenvalue weighted by atomic mass is 79.9. The van der Waals surface area contributed by atoms with Crippen LogP contribution in [0.1, 0.15) is 70.8 Å². The first kappa shape index (κ1) is 25.4. The molecule has 0 radical (unpaired) electrons. The first-order valence-corrected chi connectivity index (χ1v) is 11.6. The number of anilines is 1. The SMILES string of the molecule is Br.CCCCCCC(CC)NCCCCc1ccc(NS(C)(=O)=O)cc1. The molecule has 0 saturated carbocycles. The van der Waals surface area contributed by atoms with Crippen molar-refractivity contribution in [3.05, 3.63) is 29.8 Å². The zero-order chi connectivity index (χ0) is 18.5. The van der Waals surface area contributed by atoms with Gasteiger partial charge in [-0.3, -0.25) is 4.72 Å². The lowest BCUT2D eigenvalue weighted by atomic mass is 10.0. The van der Waals surface area contributed by atoms with Gasteiger partial charge in [0.2, 0.25) is 10.0 Å². The number of halogens is 1. The van der Waals surface area contributed by atoms with Gasteiger partial charge in [-0.15, -0.1) is 17.0 Å². The van der Waals surface area contributed by atoms with Gasteiger partial charge in [-0.05, 0) is 56.3 Å². The minimum atomic E-state index is -3.19. The van der Waals surface area contributed by atoms with Gasteiger partial charge < -0.3 is 5.32 Å². The zero-order valence-corrected chi connectivity index (χ0v) is 19.1. The highest BCUT2D eigenvalue weighted by molar-refractivity contribution is 8.93. The summed E-state index contributed by atoms with van der Waals surface area (Å²) >= 11 is 0. The van der Waals surface area contributed by atoms with Crippen molar-refractivity contribution in [3.8, 4) is 0 Å². The van der Waals surface area contributed by atoms with Gasteiger partial charge in [0.25, 0.3) is 0 Å². The molecule has 6 heteroatoms. The number of aryl methyl sites for hydroxylation is 1. The fourth-order valence-corrected chi connectivity index (χ4v) is 3.55. The van der Waals surface area contributed by atoms with E-state index in [0.717, 1.165) is 19.4 Å². The fraction of sp³-hybridized carbons (Fsp3) is 0.700. The topological polar surface area (TPSA) is 58.2 Å². The summed E-state index contributed by atoms with van der Waals surface area (Å²) in [5.74, 6) is 0. The van der Waals surface area contributed by atoms with Crippen molar-refractivity contribution in [2.24, 2.45) is 0 Å². The highest BCUT2D eigenvalue weighted by Gasteiger charge is 2.05. The van der Waals surface area contributed by atoms with Crippen molar-refractivity contribution in [1.29, 1.82) is 0 Å². The average molecular weight is 449 g/mol. The number of rotatable bonds is 14. The van der Waals surface area contributed by atoms with Crippen molar-refractivity contribution in [2.75, 3.05) is 17.5 Å². The summed E-state index contributed by atoms with van der Waals surface area (Å²) in [7, 11) is -3.19. The summed E-state index contributed by atoms with van der Waals surface area (Å²) < 4.78 is 24.9. The predicted octanol–water partition coefficient (Wildman–Crippen LogP) is 5.30. The van der Waals surface area contributed by atoms with Crippen LogP contribution in [-0.4, -0.2) is 27.3 Å². The number of sulfonamides is 1. The summed E-state index contributed by atoms with van der Waals surface area (Å²) in [5, 5.41) is 3.69. The van der Waals surface area contributed by atoms with Crippen LogP contribution >= 0.6 is 17.0 Å². The highest BCUT2D eigenvalue weighted by Crippen LogP contribution is 2.13. The molecule has 26 heavy (non-hydrogen) atoms. The van der Waals surface area contributed by atoms with E-state index < -0.39 is 10.0 Å². The van der Waals surface area contributed by atoms with Gasteiger partial charge in [0, 0.05) is 11.7 Å². The van der Waals surface area contributed by atoms with Crippen molar-refractivity contribution in [2.45, 2.75) is 77.7 Å². The quantitative estimate of drug-likeness (QED) is 0.379. The first-order valence-electron chi connectivity index (χ1n) is 9.74. The molecule has 1 aromatic rings. The van der Waals surface area contributed by atoms with Crippen molar-refractivity contribution in [3.63, 3.8) is 0 Å². The van der Waals surface area contributed by atoms with Crippen molar-refractivity contribution < 1.29 is 8.42 Å². The molecule has 0 saturated heterocycles. The van der Waals surface area contributed by atoms with Gasteiger partial charge in [-0.25, -0.2) is 8.42 Å². The Balaban J connectivity index is 0.00000625. The van der Waals surface area contributed by atoms with Crippen LogP contribution in [0.15, 0.2) is 24.3 Å². The lowest BCUT2D eigenvalue weighted by molar-refractivity contribution is 0.438. The second-order valence-electron chi connectivity index (χ2n) is 6.94. The maximum absolute atomic E-state index is 11.2. The number of benzene rings is 1. The Labute approximate surface area is 171 Å². The third-order valence-corrected chi connectivity index (χ3v) is 5.09. The van der Waals surface area contributed by atoms with Crippen LogP contribution in [0.5, 0.6) is 0 Å². The minimum Gasteiger partial charge on any atom is -0.314 e. The Kier molecular flexibility index (Phi) is 14.1. The van der Waals surface area contributed by atoms with Gasteiger partial charge in [0.15, 0.2) is 0 Å². The molecule has 0 bridgehead atoms. The third kappa shape index (κ3) is 12.7. The molecule has 152 valence electrons. The summed E-state index contributed by atoms with van der Waals surface area (Å²) in [6, 6.07) is 8.33. The van der Waals surface area contributed by atoms with E-state index in [-0.39, 0.29) is 17.0 Å². The van der Waals surface area contributed by atoms with Crippen molar-refractivity contribution >= 4 is 32.7 Å². The molecule has 2 N–H and O–H groups in total. The minimum absolute atomic E-state index is 0. The van der Waals surface area contributed by atoms with E-state index in [4.69, 9.17) is 0 Å². The normalized spacial score (nSPS) is 12.4. The largest absolute Gasteiger partial charge is 0.314 e. The lowest BCUT2D eigenvalue weighted by Gasteiger charge is -2.16. The van der Waals surface area contributed by atoms with Gasteiger partial charge in [-0.2, -0.15) is 0 Å². The Morgan fingerprint density at radius 3 is 2.23 bits per heavy atom. The van der Waals surface area contributed by atoms with E-state index in [2.05, 4.69) is 23.9 Å². The molecule has 0 spiro atoms. The molecule has 4 nitrogen and oxygen atoms in total. The van der Waals surface area contributed by atoms with Gasteiger partial charge in [-0.1, -0.05) is 51.7 Å². The average Bonchev–Trinajstić information content (AvgIpc) is 2.56. The second kappa shape index (κ2) is 14.5.